The number of rotatable bonds is 3. The van der Waals surface area contributed by atoms with Gasteiger partial charge in [0.15, 0.2) is 0 Å². The van der Waals surface area contributed by atoms with Gasteiger partial charge in [-0.2, -0.15) is 11.8 Å². The molecule has 0 fully saturated rings. The number of anilines is 1. The molecule has 0 aliphatic rings. The molecule has 0 aliphatic heterocycles. The number of hydrogen-bond donors (Lipinski definition) is 1. The van der Waals surface area contributed by atoms with Crippen molar-refractivity contribution in [2.24, 2.45) is 0 Å². The smallest absolute Gasteiger partial charge is 0.126 e. The lowest BCUT2D eigenvalue weighted by molar-refractivity contribution is 0.612. The standard InChI is InChI=1S/C10H14FN.C5H12S.C2H4/c1-3-8-7-9(12-4-2)5-6-10(8)11;1-5(2,3)6-4;1-2/h5-7,12H,3-4H2,1-2H3;1-4H3;1-2H2. The molecule has 0 heterocycles. The van der Waals surface area contributed by atoms with E-state index < -0.39 is 0 Å². The van der Waals surface area contributed by atoms with Crippen LogP contribution in [0.2, 0.25) is 0 Å². The van der Waals surface area contributed by atoms with Crippen molar-refractivity contribution in [3.8, 4) is 0 Å². The first kappa shape index (κ1) is 21.3. The zero-order chi connectivity index (χ0) is 16.2. The Morgan fingerprint density at radius 2 is 1.70 bits per heavy atom. The van der Waals surface area contributed by atoms with Gasteiger partial charge in [-0.05, 0) is 43.4 Å². The van der Waals surface area contributed by atoms with E-state index in [2.05, 4.69) is 45.5 Å². The van der Waals surface area contributed by atoms with Crippen LogP contribution in [0.4, 0.5) is 10.1 Å². The summed E-state index contributed by atoms with van der Waals surface area (Å²) < 4.78 is 13.4. The third-order valence-electron chi connectivity index (χ3n) is 2.42. The topological polar surface area (TPSA) is 12.0 Å². The summed E-state index contributed by atoms with van der Waals surface area (Å²) in [5.74, 6) is -0.112. The van der Waals surface area contributed by atoms with Gasteiger partial charge in [-0.25, -0.2) is 4.39 Å². The van der Waals surface area contributed by atoms with Gasteiger partial charge in [0.05, 0.1) is 0 Å². The lowest BCUT2D eigenvalue weighted by Gasteiger charge is -2.12. The van der Waals surface area contributed by atoms with E-state index in [9.17, 15) is 4.39 Å². The first-order chi connectivity index (χ1) is 9.34. The predicted octanol–water partition coefficient (Wildman–Crippen LogP) is 5.77. The zero-order valence-electron chi connectivity index (χ0n) is 13.8. The van der Waals surface area contributed by atoms with Gasteiger partial charge in [-0.15, -0.1) is 13.2 Å². The SMILES string of the molecule is C=C.CCNc1ccc(F)c(CC)c1.CSC(C)(C)C. The summed E-state index contributed by atoms with van der Waals surface area (Å²) in [6.07, 6.45) is 2.87. The van der Waals surface area contributed by atoms with E-state index in [1.807, 2.05) is 31.7 Å². The van der Waals surface area contributed by atoms with E-state index in [1.165, 1.54) is 6.07 Å². The molecule has 0 amide bonds. The Morgan fingerprint density at radius 1 is 1.20 bits per heavy atom. The first-order valence-corrected chi connectivity index (χ1v) is 8.14. The Hall–Kier alpha value is -0.960. The van der Waals surface area contributed by atoms with Crippen LogP contribution in [-0.4, -0.2) is 17.5 Å². The van der Waals surface area contributed by atoms with E-state index >= 15 is 0 Å². The van der Waals surface area contributed by atoms with Gasteiger partial charge in [-0.3, -0.25) is 0 Å². The predicted molar refractivity (Wildman–Crippen MR) is 94.5 cm³/mol. The molecule has 0 aliphatic carbocycles. The molecule has 1 N–H and O–H groups in total. The lowest BCUT2D eigenvalue weighted by Crippen LogP contribution is -2.04. The summed E-state index contributed by atoms with van der Waals surface area (Å²) in [6.45, 7) is 17.5. The van der Waals surface area contributed by atoms with Gasteiger partial charge >= 0.3 is 0 Å². The number of nitrogens with one attached hydrogen (secondary N) is 1. The van der Waals surface area contributed by atoms with E-state index in [0.717, 1.165) is 24.2 Å². The molecule has 0 unspecified atom stereocenters. The molecule has 0 atom stereocenters. The van der Waals surface area contributed by atoms with Crippen molar-refractivity contribution in [1.29, 1.82) is 0 Å². The van der Waals surface area contributed by atoms with Crippen LogP contribution >= 0.6 is 11.8 Å². The van der Waals surface area contributed by atoms with Gasteiger partial charge in [-0.1, -0.05) is 27.7 Å². The van der Waals surface area contributed by atoms with E-state index in [4.69, 9.17) is 0 Å². The molecule has 3 heteroatoms. The molecule has 1 rings (SSSR count). The summed E-state index contributed by atoms with van der Waals surface area (Å²) in [5, 5.41) is 3.14. The molecule has 0 saturated heterocycles. The molecule has 1 aromatic rings. The molecule has 116 valence electrons. The van der Waals surface area contributed by atoms with E-state index in [0.29, 0.717) is 4.75 Å². The minimum atomic E-state index is -0.112. The Bertz CT molecular complexity index is 358. The van der Waals surface area contributed by atoms with Gasteiger partial charge in [0.2, 0.25) is 0 Å². The Balaban J connectivity index is 0. The summed E-state index contributed by atoms with van der Waals surface area (Å²) in [6, 6.07) is 5.13. The minimum Gasteiger partial charge on any atom is -0.385 e. The van der Waals surface area contributed by atoms with Gasteiger partial charge in [0, 0.05) is 17.0 Å². The summed E-state index contributed by atoms with van der Waals surface area (Å²) in [5.41, 5.74) is 1.77. The highest BCUT2D eigenvalue weighted by Crippen LogP contribution is 2.18. The third-order valence-corrected chi connectivity index (χ3v) is 3.64. The second kappa shape index (κ2) is 11.8. The van der Waals surface area contributed by atoms with Crippen LogP contribution in [0.3, 0.4) is 0 Å². The van der Waals surface area contributed by atoms with Crippen LogP contribution < -0.4 is 5.32 Å². The number of halogens is 1. The second-order valence-electron chi connectivity index (χ2n) is 5.01. The maximum absolute atomic E-state index is 13.0. The second-order valence-corrected chi connectivity index (χ2v) is 6.64. The number of thioether (sulfide) groups is 1. The fourth-order valence-corrected chi connectivity index (χ4v) is 1.16. The summed E-state index contributed by atoms with van der Waals surface area (Å²) >= 11 is 1.88. The van der Waals surface area contributed by atoms with Crippen molar-refractivity contribution >= 4 is 17.4 Å². The fourth-order valence-electron chi connectivity index (χ4n) is 1.16. The molecule has 0 saturated carbocycles. The van der Waals surface area contributed by atoms with Gasteiger partial charge in [0.25, 0.3) is 0 Å². The number of aryl methyl sites for hydroxylation is 1. The monoisotopic (exact) mass is 299 g/mol. The minimum absolute atomic E-state index is 0.112. The Labute approximate surface area is 129 Å². The van der Waals surface area contributed by atoms with Crippen molar-refractivity contribution in [2.75, 3.05) is 18.1 Å². The maximum Gasteiger partial charge on any atom is 0.126 e. The quantitative estimate of drug-likeness (QED) is 0.711. The number of hydrogen-bond acceptors (Lipinski definition) is 2. The normalized spacial score (nSPS) is 9.75. The highest BCUT2D eigenvalue weighted by atomic mass is 32.2. The van der Waals surface area contributed by atoms with Crippen molar-refractivity contribution in [2.45, 2.75) is 45.8 Å². The van der Waals surface area contributed by atoms with Crippen LogP contribution in [0.5, 0.6) is 0 Å². The Morgan fingerprint density at radius 3 is 2.05 bits per heavy atom. The molecule has 1 aromatic carbocycles. The highest BCUT2D eigenvalue weighted by molar-refractivity contribution is 7.99. The van der Waals surface area contributed by atoms with Gasteiger partial charge in [0.1, 0.15) is 5.82 Å². The van der Waals surface area contributed by atoms with Crippen LogP contribution in [0.25, 0.3) is 0 Å². The van der Waals surface area contributed by atoms with Crippen molar-refractivity contribution in [1.82, 2.24) is 0 Å². The first-order valence-electron chi connectivity index (χ1n) is 6.91. The summed E-state index contributed by atoms with van der Waals surface area (Å²) in [4.78, 5) is 0. The molecule has 0 spiro atoms. The van der Waals surface area contributed by atoms with E-state index in [-0.39, 0.29) is 5.82 Å². The average molecular weight is 299 g/mol. The van der Waals surface area contributed by atoms with Crippen molar-refractivity contribution < 1.29 is 4.39 Å². The zero-order valence-corrected chi connectivity index (χ0v) is 14.7. The fraction of sp³-hybridized carbons (Fsp3) is 0.529. The highest BCUT2D eigenvalue weighted by Gasteiger charge is 2.04. The van der Waals surface area contributed by atoms with Crippen LogP contribution in [0.1, 0.15) is 40.2 Å². The van der Waals surface area contributed by atoms with Crippen LogP contribution in [0, 0.1) is 5.82 Å². The molecule has 0 radical (unpaired) electrons. The number of benzene rings is 1. The van der Waals surface area contributed by atoms with Crippen LogP contribution in [-0.2, 0) is 6.42 Å². The van der Waals surface area contributed by atoms with Crippen molar-refractivity contribution in [3.63, 3.8) is 0 Å². The van der Waals surface area contributed by atoms with Crippen LogP contribution in [0.15, 0.2) is 31.4 Å². The lowest BCUT2D eigenvalue weighted by atomic mass is 10.1. The molecule has 0 bridgehead atoms. The molecular weight excluding hydrogens is 269 g/mol. The van der Waals surface area contributed by atoms with Crippen molar-refractivity contribution in [3.05, 3.63) is 42.7 Å². The molecule has 0 aromatic heterocycles. The summed E-state index contributed by atoms with van der Waals surface area (Å²) in [7, 11) is 0. The maximum atomic E-state index is 13.0. The molecule has 20 heavy (non-hydrogen) atoms. The molecule has 1 nitrogen and oxygen atoms in total. The average Bonchev–Trinajstić information content (AvgIpc) is 2.43. The third kappa shape index (κ3) is 10.9. The largest absolute Gasteiger partial charge is 0.385 e. The van der Waals surface area contributed by atoms with E-state index in [1.54, 1.807) is 6.07 Å². The van der Waals surface area contributed by atoms with Gasteiger partial charge < -0.3 is 5.32 Å². The Kier molecular flexibility index (Phi) is 12.6. The molecular formula is C17H30FNS.